The summed E-state index contributed by atoms with van der Waals surface area (Å²) in [6.45, 7) is 14.4. The number of hydrogen-bond acceptors (Lipinski definition) is 2. The van der Waals surface area contributed by atoms with Crippen molar-refractivity contribution in [1.29, 1.82) is 0 Å². The summed E-state index contributed by atoms with van der Waals surface area (Å²) in [5, 5.41) is 3.52. The molecule has 0 saturated carbocycles. The van der Waals surface area contributed by atoms with Crippen molar-refractivity contribution >= 4 is 5.69 Å². The van der Waals surface area contributed by atoms with E-state index in [9.17, 15) is 0 Å². The highest BCUT2D eigenvalue weighted by Crippen LogP contribution is 2.19. The topological polar surface area (TPSA) is 15.3 Å². The number of anilines is 1. The van der Waals surface area contributed by atoms with Crippen molar-refractivity contribution in [2.45, 2.75) is 66.1 Å². The van der Waals surface area contributed by atoms with Crippen molar-refractivity contribution in [1.82, 2.24) is 5.32 Å². The third-order valence-electron chi connectivity index (χ3n) is 3.64. The lowest BCUT2D eigenvalue weighted by molar-refractivity contribution is 0.424. The zero-order valence-corrected chi connectivity index (χ0v) is 14.3. The molecule has 114 valence electrons. The molecule has 0 saturated heterocycles. The molecule has 0 heterocycles. The maximum absolute atomic E-state index is 3.52. The van der Waals surface area contributed by atoms with Gasteiger partial charge in [-0.25, -0.2) is 0 Å². The van der Waals surface area contributed by atoms with E-state index in [1.165, 1.54) is 17.7 Å². The van der Waals surface area contributed by atoms with Gasteiger partial charge in [-0.2, -0.15) is 0 Å². The second kappa shape index (κ2) is 7.12. The van der Waals surface area contributed by atoms with E-state index >= 15 is 0 Å². The van der Waals surface area contributed by atoms with E-state index < -0.39 is 0 Å². The van der Waals surface area contributed by atoms with Crippen LogP contribution in [0.4, 0.5) is 5.69 Å². The first-order valence-electron chi connectivity index (χ1n) is 7.76. The van der Waals surface area contributed by atoms with E-state index in [-0.39, 0.29) is 5.54 Å². The molecule has 0 aliphatic rings. The molecule has 2 nitrogen and oxygen atoms in total. The molecule has 1 atom stereocenters. The average Bonchev–Trinajstić information content (AvgIpc) is 2.34. The standard InChI is InChI=1S/C18H32N2/c1-14(2)12-15(3)20(7)17-10-8-16(9-11-17)13-19-18(4,5)6/h8-11,14-15,19H,12-13H2,1-7H3. The van der Waals surface area contributed by atoms with Crippen LogP contribution in [0.15, 0.2) is 24.3 Å². The fraction of sp³-hybridized carbons (Fsp3) is 0.667. The van der Waals surface area contributed by atoms with E-state index in [0.29, 0.717) is 6.04 Å². The lowest BCUT2D eigenvalue weighted by Crippen LogP contribution is -2.35. The Bertz CT molecular complexity index is 387. The van der Waals surface area contributed by atoms with Gasteiger partial charge in [0.1, 0.15) is 0 Å². The van der Waals surface area contributed by atoms with Crippen LogP contribution in [-0.2, 0) is 6.54 Å². The molecule has 1 unspecified atom stereocenters. The van der Waals surface area contributed by atoms with Crippen LogP contribution in [0.5, 0.6) is 0 Å². The first-order chi connectivity index (χ1) is 9.19. The van der Waals surface area contributed by atoms with Crippen molar-refractivity contribution in [3.05, 3.63) is 29.8 Å². The second-order valence-corrected chi connectivity index (χ2v) is 7.36. The van der Waals surface area contributed by atoms with Crippen LogP contribution >= 0.6 is 0 Å². The highest BCUT2D eigenvalue weighted by molar-refractivity contribution is 5.47. The smallest absolute Gasteiger partial charge is 0.0366 e. The summed E-state index contributed by atoms with van der Waals surface area (Å²) in [5.74, 6) is 0.739. The van der Waals surface area contributed by atoms with Gasteiger partial charge >= 0.3 is 0 Å². The molecule has 1 N–H and O–H groups in total. The van der Waals surface area contributed by atoms with Crippen LogP contribution in [0.2, 0.25) is 0 Å². The minimum atomic E-state index is 0.168. The summed E-state index contributed by atoms with van der Waals surface area (Å²) < 4.78 is 0. The molecular formula is C18H32N2. The Labute approximate surface area is 125 Å². The van der Waals surface area contributed by atoms with Gasteiger partial charge in [-0.05, 0) is 57.7 Å². The van der Waals surface area contributed by atoms with Crippen LogP contribution in [0.25, 0.3) is 0 Å². The summed E-state index contributed by atoms with van der Waals surface area (Å²) in [4.78, 5) is 2.38. The normalized spacial score (nSPS) is 13.6. The van der Waals surface area contributed by atoms with Gasteiger partial charge in [0.15, 0.2) is 0 Å². The van der Waals surface area contributed by atoms with Crippen LogP contribution in [0.1, 0.15) is 53.5 Å². The maximum Gasteiger partial charge on any atom is 0.0366 e. The molecule has 0 fully saturated rings. The van der Waals surface area contributed by atoms with E-state index in [1.54, 1.807) is 0 Å². The zero-order chi connectivity index (χ0) is 15.3. The summed E-state index contributed by atoms with van der Waals surface area (Å²) in [6, 6.07) is 9.50. The Kier molecular flexibility index (Phi) is 6.07. The Morgan fingerprint density at radius 3 is 2.05 bits per heavy atom. The number of hydrogen-bond donors (Lipinski definition) is 1. The molecule has 20 heavy (non-hydrogen) atoms. The number of benzene rings is 1. The molecule has 0 bridgehead atoms. The first-order valence-corrected chi connectivity index (χ1v) is 7.76. The van der Waals surface area contributed by atoms with Crippen molar-refractivity contribution in [3.63, 3.8) is 0 Å². The number of rotatable bonds is 6. The van der Waals surface area contributed by atoms with Crippen molar-refractivity contribution in [2.24, 2.45) is 5.92 Å². The lowest BCUT2D eigenvalue weighted by atomic mass is 10.0. The van der Waals surface area contributed by atoms with Gasteiger partial charge in [-0.15, -0.1) is 0 Å². The fourth-order valence-electron chi connectivity index (χ4n) is 2.31. The molecule has 1 rings (SSSR count). The van der Waals surface area contributed by atoms with Crippen LogP contribution in [-0.4, -0.2) is 18.6 Å². The zero-order valence-electron chi connectivity index (χ0n) is 14.3. The third-order valence-corrected chi connectivity index (χ3v) is 3.64. The van der Waals surface area contributed by atoms with Gasteiger partial charge in [-0.1, -0.05) is 26.0 Å². The lowest BCUT2D eigenvalue weighted by Gasteiger charge is -2.28. The molecule has 0 radical (unpaired) electrons. The van der Waals surface area contributed by atoms with Gasteiger partial charge in [0.2, 0.25) is 0 Å². The van der Waals surface area contributed by atoms with E-state index in [1.807, 2.05) is 0 Å². The highest BCUT2D eigenvalue weighted by Gasteiger charge is 2.12. The van der Waals surface area contributed by atoms with Gasteiger partial charge in [0.25, 0.3) is 0 Å². The minimum Gasteiger partial charge on any atom is -0.372 e. The Morgan fingerprint density at radius 2 is 1.60 bits per heavy atom. The molecule has 2 heteroatoms. The van der Waals surface area contributed by atoms with Crippen LogP contribution in [0.3, 0.4) is 0 Å². The quantitative estimate of drug-likeness (QED) is 0.826. The summed E-state index contributed by atoms with van der Waals surface area (Å²) in [6.07, 6.45) is 1.23. The second-order valence-electron chi connectivity index (χ2n) is 7.36. The molecule has 0 aromatic heterocycles. The number of nitrogens with one attached hydrogen (secondary N) is 1. The van der Waals surface area contributed by atoms with Crippen molar-refractivity contribution < 1.29 is 0 Å². The summed E-state index contributed by atoms with van der Waals surface area (Å²) in [5.41, 5.74) is 2.81. The molecule has 0 amide bonds. The molecular weight excluding hydrogens is 244 g/mol. The Morgan fingerprint density at radius 1 is 1.05 bits per heavy atom. The largest absolute Gasteiger partial charge is 0.372 e. The van der Waals surface area contributed by atoms with Gasteiger partial charge in [-0.3, -0.25) is 0 Å². The van der Waals surface area contributed by atoms with Crippen molar-refractivity contribution in [3.8, 4) is 0 Å². The average molecular weight is 276 g/mol. The predicted molar refractivity (Wildman–Crippen MR) is 90.4 cm³/mol. The SMILES string of the molecule is CC(C)CC(C)N(C)c1ccc(CNC(C)(C)C)cc1. The first kappa shape index (κ1) is 17.0. The Hall–Kier alpha value is -1.02. The predicted octanol–water partition coefficient (Wildman–Crippen LogP) is 4.45. The van der Waals surface area contributed by atoms with E-state index in [0.717, 1.165) is 12.5 Å². The third kappa shape index (κ3) is 5.96. The Balaban J connectivity index is 2.61. The van der Waals surface area contributed by atoms with Gasteiger partial charge in [0, 0.05) is 30.9 Å². The molecule has 0 aliphatic heterocycles. The van der Waals surface area contributed by atoms with Crippen LogP contribution < -0.4 is 10.2 Å². The molecule has 0 aliphatic carbocycles. The monoisotopic (exact) mass is 276 g/mol. The van der Waals surface area contributed by atoms with Crippen LogP contribution in [0, 0.1) is 5.92 Å². The molecule has 1 aromatic rings. The molecule has 1 aromatic carbocycles. The number of nitrogens with zero attached hydrogens (tertiary/aromatic N) is 1. The van der Waals surface area contributed by atoms with Crippen molar-refractivity contribution in [2.75, 3.05) is 11.9 Å². The van der Waals surface area contributed by atoms with E-state index in [2.05, 4.69) is 83.1 Å². The summed E-state index contributed by atoms with van der Waals surface area (Å²) in [7, 11) is 2.19. The fourth-order valence-corrected chi connectivity index (χ4v) is 2.31. The van der Waals surface area contributed by atoms with Gasteiger partial charge in [0.05, 0.1) is 0 Å². The molecule has 0 spiro atoms. The van der Waals surface area contributed by atoms with E-state index in [4.69, 9.17) is 0 Å². The highest BCUT2D eigenvalue weighted by atomic mass is 15.1. The van der Waals surface area contributed by atoms with Gasteiger partial charge < -0.3 is 10.2 Å². The summed E-state index contributed by atoms with van der Waals surface area (Å²) >= 11 is 0. The maximum atomic E-state index is 3.52. The minimum absolute atomic E-state index is 0.168.